The number of benzene rings is 2. The molecule has 1 N–H and O–H groups in total. The maximum absolute atomic E-state index is 13.3. The molecule has 2 aromatic rings. The van der Waals surface area contributed by atoms with Gasteiger partial charge in [0.05, 0.1) is 27.9 Å². The summed E-state index contributed by atoms with van der Waals surface area (Å²) in [6.45, 7) is 8.76. The molecule has 11 heteroatoms. The number of fused-ring (bicyclic) bond motifs is 4. The Morgan fingerprint density at radius 1 is 0.907 bits per heavy atom. The molecule has 3 aliphatic rings. The van der Waals surface area contributed by atoms with E-state index in [2.05, 4.69) is 0 Å². The third kappa shape index (κ3) is 4.71. The van der Waals surface area contributed by atoms with E-state index in [1.54, 1.807) is 52.0 Å². The smallest absolute Gasteiger partial charge is 0.334 e. The summed E-state index contributed by atoms with van der Waals surface area (Å²) in [7, 11) is 4.30. The summed E-state index contributed by atoms with van der Waals surface area (Å²) in [5.74, 6) is -0.840. The minimum atomic E-state index is -1.14. The Hall–Kier alpha value is -4.38. The van der Waals surface area contributed by atoms with Crippen molar-refractivity contribution >= 4 is 11.9 Å². The van der Waals surface area contributed by atoms with Gasteiger partial charge in [-0.3, -0.25) is 0 Å². The molecule has 43 heavy (non-hydrogen) atoms. The molecule has 1 fully saturated rings. The molecule has 2 aliphatic heterocycles. The lowest BCUT2D eigenvalue weighted by atomic mass is 9.73. The number of hydrogen-bond acceptors (Lipinski definition) is 11. The molecule has 2 heterocycles. The SMILES string of the molecule is C/C=C(/C)C(=O)O[C@@H]1c2cc3c(c(OC)c2-c2c(cc(OC)c(OC)c2O)[C@@H](OC(=O)/C(C)=C\C)[C@]2(CO2)[C@@H]1C)OCO3. The third-order valence-electron chi connectivity index (χ3n) is 8.48. The van der Waals surface area contributed by atoms with Crippen LogP contribution in [0.25, 0.3) is 11.1 Å². The molecule has 0 saturated carbocycles. The van der Waals surface area contributed by atoms with E-state index in [4.69, 9.17) is 37.9 Å². The zero-order chi connectivity index (χ0) is 31.2. The minimum Gasteiger partial charge on any atom is -0.504 e. The molecule has 0 radical (unpaired) electrons. The summed E-state index contributed by atoms with van der Waals surface area (Å²) < 4.78 is 47.2. The van der Waals surface area contributed by atoms with Crippen molar-refractivity contribution in [2.75, 3.05) is 34.7 Å². The average Bonchev–Trinajstić information content (AvgIpc) is 3.69. The molecule has 2 aromatic carbocycles. The first-order valence-electron chi connectivity index (χ1n) is 13.9. The van der Waals surface area contributed by atoms with Crippen molar-refractivity contribution in [3.05, 3.63) is 46.6 Å². The number of allylic oxidation sites excluding steroid dienone is 2. The van der Waals surface area contributed by atoms with Gasteiger partial charge in [-0.25, -0.2) is 9.59 Å². The lowest BCUT2D eigenvalue weighted by Gasteiger charge is -2.38. The van der Waals surface area contributed by atoms with Crippen LogP contribution in [0.5, 0.6) is 34.5 Å². The molecular weight excluding hydrogens is 560 g/mol. The molecule has 1 aliphatic carbocycles. The van der Waals surface area contributed by atoms with Crippen LogP contribution in [0.3, 0.4) is 0 Å². The van der Waals surface area contributed by atoms with Crippen molar-refractivity contribution in [3.8, 4) is 45.6 Å². The summed E-state index contributed by atoms with van der Waals surface area (Å²) in [6, 6.07) is 3.36. The van der Waals surface area contributed by atoms with Gasteiger partial charge in [-0.2, -0.15) is 0 Å². The van der Waals surface area contributed by atoms with E-state index in [0.717, 1.165) is 0 Å². The first-order valence-corrected chi connectivity index (χ1v) is 13.9. The molecule has 5 rings (SSSR count). The fraction of sp³-hybridized carbons (Fsp3) is 0.438. The van der Waals surface area contributed by atoms with E-state index < -0.39 is 35.7 Å². The lowest BCUT2D eigenvalue weighted by molar-refractivity contribution is -0.158. The Bertz CT molecular complexity index is 1530. The molecule has 4 atom stereocenters. The van der Waals surface area contributed by atoms with Gasteiger partial charge in [0.25, 0.3) is 0 Å². The average molecular weight is 597 g/mol. The van der Waals surface area contributed by atoms with E-state index in [1.807, 2.05) is 6.92 Å². The van der Waals surface area contributed by atoms with Gasteiger partial charge in [-0.15, -0.1) is 0 Å². The number of phenols is 1. The van der Waals surface area contributed by atoms with Crippen molar-refractivity contribution in [1.82, 2.24) is 0 Å². The number of methoxy groups -OCH3 is 3. The van der Waals surface area contributed by atoms with Gasteiger partial charge in [0.1, 0.15) is 11.7 Å². The first-order chi connectivity index (χ1) is 20.6. The van der Waals surface area contributed by atoms with Crippen LogP contribution in [0, 0.1) is 5.92 Å². The lowest BCUT2D eigenvalue weighted by Crippen LogP contribution is -2.39. The highest BCUT2D eigenvalue weighted by Crippen LogP contribution is 2.63. The molecule has 230 valence electrons. The second-order valence-electron chi connectivity index (χ2n) is 10.6. The van der Waals surface area contributed by atoms with Crippen molar-refractivity contribution in [2.45, 2.75) is 52.4 Å². The normalized spacial score (nSPS) is 23.9. The molecular formula is C32H36O11. The van der Waals surface area contributed by atoms with Gasteiger partial charge in [-0.05, 0) is 39.8 Å². The van der Waals surface area contributed by atoms with Gasteiger partial charge in [0, 0.05) is 39.3 Å². The number of aromatic hydroxyl groups is 1. The molecule has 0 aromatic heterocycles. The van der Waals surface area contributed by atoms with Crippen molar-refractivity contribution < 1.29 is 52.6 Å². The summed E-state index contributed by atoms with van der Waals surface area (Å²) in [6.07, 6.45) is 1.26. The number of ether oxygens (including phenoxy) is 8. The molecule has 1 saturated heterocycles. The van der Waals surface area contributed by atoms with Crippen LogP contribution < -0.4 is 23.7 Å². The number of carbonyl (C=O) groups is 2. The number of phenolic OH excluding ortho intramolecular Hbond substituents is 1. The molecule has 1 spiro atoms. The van der Waals surface area contributed by atoms with Crippen LogP contribution in [0.4, 0.5) is 0 Å². The Balaban J connectivity index is 1.92. The number of rotatable bonds is 7. The fourth-order valence-electron chi connectivity index (χ4n) is 5.67. The summed E-state index contributed by atoms with van der Waals surface area (Å²) in [5, 5.41) is 11.9. The zero-order valence-corrected chi connectivity index (χ0v) is 25.5. The fourth-order valence-corrected chi connectivity index (χ4v) is 5.67. The quantitative estimate of drug-likeness (QED) is 0.253. The van der Waals surface area contributed by atoms with E-state index in [9.17, 15) is 14.7 Å². The topological polar surface area (TPSA) is 132 Å². The van der Waals surface area contributed by atoms with E-state index in [1.165, 1.54) is 21.3 Å². The summed E-state index contributed by atoms with van der Waals surface area (Å²) in [4.78, 5) is 26.6. The predicted octanol–water partition coefficient (Wildman–Crippen LogP) is 5.33. The van der Waals surface area contributed by atoms with Crippen molar-refractivity contribution in [2.24, 2.45) is 5.92 Å². The highest BCUT2D eigenvalue weighted by Gasteiger charge is 2.63. The number of carbonyl (C=O) groups excluding carboxylic acids is 2. The molecule has 11 nitrogen and oxygen atoms in total. The standard InChI is InChI=1S/C32H36O11/c1-9-15(3)30(34)42-25-17(5)32(13-41-32)29(43-31(35)16(4)10-2)19-12-20(36-6)26(37-7)24(33)22(19)23-18(25)11-21-27(28(23)38-8)40-14-39-21/h9-12,17,25,29,33H,13-14H2,1-8H3/b15-9-,16-10-/t17-,25+,29-,32+/m1/s1. The van der Waals surface area contributed by atoms with Crippen LogP contribution >= 0.6 is 0 Å². The molecule has 0 unspecified atom stereocenters. The Kier molecular flexibility index (Phi) is 7.95. The van der Waals surface area contributed by atoms with Gasteiger partial charge in [0.15, 0.2) is 29.1 Å². The largest absolute Gasteiger partial charge is 0.504 e. The molecule has 0 amide bonds. The highest BCUT2D eigenvalue weighted by molar-refractivity contribution is 5.92. The summed E-state index contributed by atoms with van der Waals surface area (Å²) in [5.41, 5.74) is 1.05. The van der Waals surface area contributed by atoms with Crippen LogP contribution in [-0.4, -0.2) is 57.4 Å². The Morgan fingerprint density at radius 2 is 1.53 bits per heavy atom. The van der Waals surface area contributed by atoms with Gasteiger partial charge < -0.3 is 43.0 Å². The maximum Gasteiger partial charge on any atom is 0.334 e. The third-order valence-corrected chi connectivity index (χ3v) is 8.48. The van der Waals surface area contributed by atoms with Gasteiger partial charge in [0.2, 0.25) is 18.3 Å². The number of esters is 2. The number of hydrogen-bond donors (Lipinski definition) is 1. The van der Waals surface area contributed by atoms with E-state index in [0.29, 0.717) is 39.3 Å². The Morgan fingerprint density at radius 3 is 2.09 bits per heavy atom. The number of epoxide rings is 1. The predicted molar refractivity (Wildman–Crippen MR) is 154 cm³/mol. The first kappa shape index (κ1) is 30.1. The minimum absolute atomic E-state index is 0.0410. The monoisotopic (exact) mass is 596 g/mol. The second-order valence-corrected chi connectivity index (χ2v) is 10.6. The van der Waals surface area contributed by atoms with Gasteiger partial charge >= 0.3 is 11.9 Å². The van der Waals surface area contributed by atoms with Crippen molar-refractivity contribution in [3.63, 3.8) is 0 Å². The van der Waals surface area contributed by atoms with E-state index in [-0.39, 0.29) is 42.0 Å². The molecule has 0 bridgehead atoms. The van der Waals surface area contributed by atoms with Crippen LogP contribution in [0.1, 0.15) is 58.0 Å². The van der Waals surface area contributed by atoms with Crippen molar-refractivity contribution in [1.29, 1.82) is 0 Å². The van der Waals surface area contributed by atoms with Crippen LogP contribution in [0.15, 0.2) is 35.4 Å². The van der Waals surface area contributed by atoms with Crippen LogP contribution in [0.2, 0.25) is 0 Å². The summed E-state index contributed by atoms with van der Waals surface area (Å²) >= 11 is 0. The Labute approximate surface area is 249 Å². The van der Waals surface area contributed by atoms with E-state index >= 15 is 0 Å². The second kappa shape index (κ2) is 11.4. The highest BCUT2D eigenvalue weighted by atomic mass is 16.7. The zero-order valence-electron chi connectivity index (χ0n) is 25.5. The van der Waals surface area contributed by atoms with Crippen LogP contribution in [-0.2, 0) is 23.8 Å². The maximum atomic E-state index is 13.3. The van der Waals surface area contributed by atoms with Gasteiger partial charge in [-0.1, -0.05) is 19.1 Å².